The molecule has 2 aromatic rings. The van der Waals surface area contributed by atoms with Gasteiger partial charge in [0.1, 0.15) is 0 Å². The van der Waals surface area contributed by atoms with Crippen LogP contribution in [0.2, 0.25) is 0 Å². The third kappa shape index (κ3) is 2.70. The van der Waals surface area contributed by atoms with Crippen molar-refractivity contribution < 1.29 is 0 Å². The van der Waals surface area contributed by atoms with Gasteiger partial charge >= 0.3 is 0 Å². The standard InChI is InChI=1S/C10H12N4S2/c1-2-8(7-3-5-12-6-4-7)15-10-14-13-9(11)16-10/h3-6,8H,2H2,1H3,(H2,11,13). The van der Waals surface area contributed by atoms with Crippen LogP contribution in [0.5, 0.6) is 0 Å². The summed E-state index contributed by atoms with van der Waals surface area (Å²) in [4.78, 5) is 4.02. The lowest BCUT2D eigenvalue weighted by Crippen LogP contribution is -1.92. The number of pyridine rings is 1. The smallest absolute Gasteiger partial charge is 0.203 e. The molecule has 2 rings (SSSR count). The number of anilines is 1. The Kier molecular flexibility index (Phi) is 3.74. The highest BCUT2D eigenvalue weighted by Crippen LogP contribution is 2.38. The van der Waals surface area contributed by atoms with Crippen molar-refractivity contribution in [3.05, 3.63) is 30.1 Å². The molecule has 0 amide bonds. The minimum absolute atomic E-state index is 0.385. The third-order valence-corrected chi connectivity index (χ3v) is 4.37. The molecule has 2 aromatic heterocycles. The quantitative estimate of drug-likeness (QED) is 0.848. The van der Waals surface area contributed by atoms with Gasteiger partial charge in [0.05, 0.1) is 0 Å². The molecule has 0 aliphatic rings. The number of nitrogens with two attached hydrogens (primary N) is 1. The maximum absolute atomic E-state index is 5.56. The summed E-state index contributed by atoms with van der Waals surface area (Å²) >= 11 is 3.13. The fourth-order valence-corrected chi connectivity index (χ4v) is 3.29. The highest BCUT2D eigenvalue weighted by molar-refractivity contribution is 8.01. The van der Waals surface area contributed by atoms with Crippen LogP contribution in [0.4, 0.5) is 5.13 Å². The minimum atomic E-state index is 0.385. The molecule has 0 aliphatic carbocycles. The second kappa shape index (κ2) is 5.27. The predicted molar refractivity (Wildman–Crippen MR) is 67.4 cm³/mol. The van der Waals surface area contributed by atoms with Crippen molar-refractivity contribution in [3.63, 3.8) is 0 Å². The molecule has 6 heteroatoms. The van der Waals surface area contributed by atoms with Crippen molar-refractivity contribution >= 4 is 28.2 Å². The van der Waals surface area contributed by atoms with E-state index in [1.54, 1.807) is 11.8 Å². The molecule has 0 radical (unpaired) electrons. The maximum atomic E-state index is 5.56. The van der Waals surface area contributed by atoms with Crippen LogP contribution in [-0.4, -0.2) is 15.2 Å². The van der Waals surface area contributed by atoms with Gasteiger partial charge in [0.15, 0.2) is 4.34 Å². The first-order chi connectivity index (χ1) is 7.79. The monoisotopic (exact) mass is 252 g/mol. The van der Waals surface area contributed by atoms with Crippen LogP contribution in [0.15, 0.2) is 28.9 Å². The van der Waals surface area contributed by atoms with Crippen LogP contribution >= 0.6 is 23.1 Å². The average molecular weight is 252 g/mol. The number of hydrogen-bond acceptors (Lipinski definition) is 6. The molecule has 0 saturated heterocycles. The lowest BCUT2D eigenvalue weighted by Gasteiger charge is -2.11. The summed E-state index contributed by atoms with van der Waals surface area (Å²) in [6, 6.07) is 4.07. The van der Waals surface area contributed by atoms with Crippen molar-refractivity contribution in [1.29, 1.82) is 0 Å². The number of hydrogen-bond donors (Lipinski definition) is 1. The Bertz CT molecular complexity index is 443. The van der Waals surface area contributed by atoms with E-state index < -0.39 is 0 Å². The molecule has 0 spiro atoms. The fraction of sp³-hybridized carbons (Fsp3) is 0.300. The topological polar surface area (TPSA) is 64.7 Å². The normalized spacial score (nSPS) is 12.6. The Labute approximate surface area is 102 Å². The second-order valence-corrected chi connectivity index (χ2v) is 5.66. The molecule has 0 bridgehead atoms. The molecule has 2 heterocycles. The summed E-state index contributed by atoms with van der Waals surface area (Å²) in [6.07, 6.45) is 4.66. The van der Waals surface area contributed by atoms with E-state index in [1.807, 2.05) is 24.5 Å². The van der Waals surface area contributed by atoms with Crippen molar-refractivity contribution in [2.45, 2.75) is 22.9 Å². The summed E-state index contributed by atoms with van der Waals surface area (Å²) in [6.45, 7) is 2.16. The molecule has 0 fully saturated rings. The highest BCUT2D eigenvalue weighted by atomic mass is 32.2. The predicted octanol–water partition coefficient (Wildman–Crippen LogP) is 2.76. The Morgan fingerprint density at radius 2 is 2.12 bits per heavy atom. The molecule has 0 aromatic carbocycles. The molecule has 1 unspecified atom stereocenters. The summed E-state index contributed by atoms with van der Waals surface area (Å²) in [7, 11) is 0. The Balaban J connectivity index is 2.12. The van der Waals surface area contributed by atoms with Crippen LogP contribution in [-0.2, 0) is 0 Å². The van der Waals surface area contributed by atoms with Crippen molar-refractivity contribution in [3.8, 4) is 0 Å². The van der Waals surface area contributed by atoms with Crippen LogP contribution < -0.4 is 5.73 Å². The maximum Gasteiger partial charge on any atom is 0.203 e. The van der Waals surface area contributed by atoms with E-state index in [4.69, 9.17) is 5.73 Å². The van der Waals surface area contributed by atoms with Gasteiger partial charge in [-0.3, -0.25) is 4.98 Å². The fourth-order valence-electron chi connectivity index (χ4n) is 1.35. The lowest BCUT2D eigenvalue weighted by atomic mass is 10.1. The van der Waals surface area contributed by atoms with Gasteiger partial charge in [-0.2, -0.15) is 0 Å². The Hall–Kier alpha value is -1.14. The average Bonchev–Trinajstić information content (AvgIpc) is 2.73. The summed E-state index contributed by atoms with van der Waals surface area (Å²) in [5.74, 6) is 0. The zero-order chi connectivity index (χ0) is 11.4. The molecular formula is C10H12N4S2. The molecule has 0 aliphatic heterocycles. The van der Waals surface area contributed by atoms with Gasteiger partial charge in [0.25, 0.3) is 0 Å². The molecule has 1 atom stereocenters. The zero-order valence-corrected chi connectivity index (χ0v) is 10.5. The minimum Gasteiger partial charge on any atom is -0.374 e. The van der Waals surface area contributed by atoms with E-state index in [9.17, 15) is 0 Å². The Morgan fingerprint density at radius 3 is 2.69 bits per heavy atom. The van der Waals surface area contributed by atoms with Crippen molar-refractivity contribution in [2.24, 2.45) is 0 Å². The SMILES string of the molecule is CCC(Sc1nnc(N)s1)c1ccncc1. The van der Waals surface area contributed by atoms with Crippen molar-refractivity contribution in [2.75, 3.05) is 5.73 Å². The third-order valence-electron chi connectivity index (χ3n) is 2.11. The summed E-state index contributed by atoms with van der Waals surface area (Å²) < 4.78 is 0.918. The highest BCUT2D eigenvalue weighted by Gasteiger charge is 2.13. The van der Waals surface area contributed by atoms with Gasteiger partial charge in [-0.1, -0.05) is 30.0 Å². The van der Waals surface area contributed by atoms with Gasteiger partial charge in [0, 0.05) is 17.6 Å². The van der Waals surface area contributed by atoms with E-state index in [2.05, 4.69) is 22.1 Å². The van der Waals surface area contributed by atoms with E-state index >= 15 is 0 Å². The van der Waals surface area contributed by atoms with Gasteiger partial charge < -0.3 is 5.73 Å². The van der Waals surface area contributed by atoms with Crippen LogP contribution in [0, 0.1) is 0 Å². The van der Waals surface area contributed by atoms with E-state index in [0.717, 1.165) is 10.8 Å². The number of nitrogen functional groups attached to an aromatic ring is 1. The Morgan fingerprint density at radius 1 is 1.38 bits per heavy atom. The number of rotatable bonds is 4. The molecule has 16 heavy (non-hydrogen) atoms. The first-order valence-electron chi connectivity index (χ1n) is 4.95. The first kappa shape index (κ1) is 11.3. The lowest BCUT2D eigenvalue weighted by molar-refractivity contribution is 0.886. The largest absolute Gasteiger partial charge is 0.374 e. The van der Waals surface area contributed by atoms with Gasteiger partial charge in [-0.15, -0.1) is 10.2 Å². The number of aromatic nitrogens is 3. The molecule has 84 valence electrons. The van der Waals surface area contributed by atoms with E-state index in [-0.39, 0.29) is 0 Å². The molecule has 2 N–H and O–H groups in total. The van der Waals surface area contributed by atoms with Crippen LogP contribution in [0.1, 0.15) is 24.2 Å². The van der Waals surface area contributed by atoms with Crippen LogP contribution in [0.3, 0.4) is 0 Å². The van der Waals surface area contributed by atoms with E-state index in [1.165, 1.54) is 16.9 Å². The molecule has 4 nitrogen and oxygen atoms in total. The van der Waals surface area contributed by atoms with Gasteiger partial charge in [-0.05, 0) is 24.1 Å². The first-order valence-corrected chi connectivity index (χ1v) is 6.64. The summed E-state index contributed by atoms with van der Waals surface area (Å²) in [5, 5.41) is 8.74. The van der Waals surface area contributed by atoms with Gasteiger partial charge in [0.2, 0.25) is 5.13 Å². The number of nitrogens with zero attached hydrogens (tertiary/aromatic N) is 3. The van der Waals surface area contributed by atoms with E-state index in [0.29, 0.717) is 10.4 Å². The van der Waals surface area contributed by atoms with Gasteiger partial charge in [-0.25, -0.2) is 0 Å². The molecule has 0 saturated carbocycles. The zero-order valence-electron chi connectivity index (χ0n) is 8.83. The summed E-state index contributed by atoms with van der Waals surface area (Å²) in [5.41, 5.74) is 6.82. The van der Waals surface area contributed by atoms with Crippen molar-refractivity contribution in [1.82, 2.24) is 15.2 Å². The molecular weight excluding hydrogens is 240 g/mol. The number of thioether (sulfide) groups is 1. The van der Waals surface area contributed by atoms with Crippen LogP contribution in [0.25, 0.3) is 0 Å². The second-order valence-electron chi connectivity index (χ2n) is 3.20.